The molecular formula is C19H25N3O2. The van der Waals surface area contributed by atoms with Crippen molar-refractivity contribution < 1.29 is 4.79 Å². The molecule has 0 saturated heterocycles. The Kier molecular flexibility index (Phi) is 5.18. The van der Waals surface area contributed by atoms with Crippen molar-refractivity contribution >= 4 is 16.9 Å². The van der Waals surface area contributed by atoms with E-state index in [-0.39, 0.29) is 11.6 Å². The molecule has 3 rings (SSSR count). The number of hydrogen-bond donors (Lipinski definition) is 3. The molecule has 1 saturated carbocycles. The van der Waals surface area contributed by atoms with Gasteiger partial charge < -0.3 is 15.6 Å². The molecule has 1 fully saturated rings. The second-order valence-corrected chi connectivity index (χ2v) is 6.70. The number of fused-ring (bicyclic) bond motifs is 1. The number of amides is 2. The van der Waals surface area contributed by atoms with Crippen molar-refractivity contribution in [3.05, 3.63) is 45.7 Å². The first kappa shape index (κ1) is 16.6. The molecule has 1 aliphatic carbocycles. The van der Waals surface area contributed by atoms with Crippen LogP contribution in [0.3, 0.4) is 0 Å². The SMILES string of the molecule is Cc1ccc2[nH]c(=O)c(CCNC(=O)NC3CCCCC3)cc2c1. The smallest absolute Gasteiger partial charge is 0.315 e. The average molecular weight is 327 g/mol. The van der Waals surface area contributed by atoms with E-state index in [1.807, 2.05) is 25.1 Å². The molecule has 0 bridgehead atoms. The highest BCUT2D eigenvalue weighted by atomic mass is 16.2. The van der Waals surface area contributed by atoms with Gasteiger partial charge in [-0.25, -0.2) is 4.79 Å². The lowest BCUT2D eigenvalue weighted by Crippen LogP contribution is -2.43. The van der Waals surface area contributed by atoms with Gasteiger partial charge in [-0.1, -0.05) is 30.9 Å². The van der Waals surface area contributed by atoms with Crippen LogP contribution in [0.5, 0.6) is 0 Å². The molecule has 0 radical (unpaired) electrons. The molecule has 0 spiro atoms. The first-order chi connectivity index (χ1) is 11.6. The molecule has 3 N–H and O–H groups in total. The largest absolute Gasteiger partial charge is 0.338 e. The van der Waals surface area contributed by atoms with Crippen LogP contribution in [0.25, 0.3) is 10.9 Å². The Morgan fingerprint density at radius 2 is 2.00 bits per heavy atom. The number of hydrogen-bond acceptors (Lipinski definition) is 2. The van der Waals surface area contributed by atoms with Crippen LogP contribution in [0.1, 0.15) is 43.2 Å². The quantitative estimate of drug-likeness (QED) is 0.807. The van der Waals surface area contributed by atoms with Crippen molar-refractivity contribution in [1.82, 2.24) is 15.6 Å². The number of aromatic nitrogens is 1. The van der Waals surface area contributed by atoms with Gasteiger partial charge in [0.1, 0.15) is 0 Å². The second-order valence-electron chi connectivity index (χ2n) is 6.70. The lowest BCUT2D eigenvalue weighted by atomic mass is 9.96. The molecule has 2 amide bonds. The Labute approximate surface area is 141 Å². The predicted octanol–water partition coefficient (Wildman–Crippen LogP) is 3.01. The minimum Gasteiger partial charge on any atom is -0.338 e. The number of aryl methyl sites for hydroxylation is 1. The Balaban J connectivity index is 1.56. The number of nitrogens with one attached hydrogen (secondary N) is 3. The van der Waals surface area contributed by atoms with Crippen LogP contribution in [0.4, 0.5) is 4.79 Å². The number of pyridine rings is 1. The maximum absolute atomic E-state index is 12.1. The Bertz CT molecular complexity index is 776. The van der Waals surface area contributed by atoms with Crippen molar-refractivity contribution in [2.45, 2.75) is 51.5 Å². The van der Waals surface area contributed by atoms with Gasteiger partial charge >= 0.3 is 6.03 Å². The van der Waals surface area contributed by atoms with Crippen LogP contribution in [0, 0.1) is 6.92 Å². The van der Waals surface area contributed by atoms with Crippen LogP contribution in [0.15, 0.2) is 29.1 Å². The molecule has 5 nitrogen and oxygen atoms in total. The number of aromatic amines is 1. The van der Waals surface area contributed by atoms with Gasteiger partial charge in [-0.3, -0.25) is 4.79 Å². The number of urea groups is 1. The summed E-state index contributed by atoms with van der Waals surface area (Å²) in [6, 6.07) is 8.04. The van der Waals surface area contributed by atoms with E-state index in [0.717, 1.165) is 29.3 Å². The van der Waals surface area contributed by atoms with E-state index in [0.29, 0.717) is 24.6 Å². The molecule has 128 valence electrons. The summed E-state index contributed by atoms with van der Waals surface area (Å²) in [5.41, 5.74) is 2.62. The average Bonchev–Trinajstić information content (AvgIpc) is 2.56. The van der Waals surface area contributed by atoms with Crippen LogP contribution < -0.4 is 16.2 Å². The summed E-state index contributed by atoms with van der Waals surface area (Å²) in [7, 11) is 0. The summed E-state index contributed by atoms with van der Waals surface area (Å²) in [5, 5.41) is 6.91. The molecule has 2 aromatic rings. The van der Waals surface area contributed by atoms with Gasteiger partial charge in [-0.2, -0.15) is 0 Å². The minimum atomic E-state index is -0.130. The van der Waals surface area contributed by atoms with Crippen molar-refractivity contribution in [3.8, 4) is 0 Å². The van der Waals surface area contributed by atoms with Gasteiger partial charge in [0.05, 0.1) is 0 Å². The first-order valence-corrected chi connectivity index (χ1v) is 8.79. The minimum absolute atomic E-state index is 0.0826. The number of benzene rings is 1. The zero-order valence-corrected chi connectivity index (χ0v) is 14.2. The van der Waals surface area contributed by atoms with Crippen LogP contribution in [0.2, 0.25) is 0 Å². The molecule has 1 aromatic heterocycles. The van der Waals surface area contributed by atoms with E-state index in [2.05, 4.69) is 21.7 Å². The summed E-state index contributed by atoms with van der Waals surface area (Å²) in [4.78, 5) is 27.0. The van der Waals surface area contributed by atoms with Crippen molar-refractivity contribution in [2.75, 3.05) is 6.54 Å². The molecule has 0 unspecified atom stereocenters. The molecule has 1 aliphatic rings. The molecule has 0 aliphatic heterocycles. The highest BCUT2D eigenvalue weighted by Gasteiger charge is 2.15. The monoisotopic (exact) mass is 327 g/mol. The van der Waals surface area contributed by atoms with E-state index in [4.69, 9.17) is 0 Å². The first-order valence-electron chi connectivity index (χ1n) is 8.79. The van der Waals surface area contributed by atoms with E-state index >= 15 is 0 Å². The summed E-state index contributed by atoms with van der Waals surface area (Å²) in [6.07, 6.45) is 6.31. The Morgan fingerprint density at radius 3 is 2.79 bits per heavy atom. The van der Waals surface area contributed by atoms with Gasteiger partial charge in [0.15, 0.2) is 0 Å². The summed E-state index contributed by atoms with van der Waals surface area (Å²) in [6.45, 7) is 2.49. The highest BCUT2D eigenvalue weighted by Crippen LogP contribution is 2.17. The van der Waals surface area contributed by atoms with E-state index in [9.17, 15) is 9.59 Å². The standard InChI is InChI=1S/C19H25N3O2/c1-13-7-8-17-15(11-13)12-14(18(23)22-17)9-10-20-19(24)21-16-5-3-2-4-6-16/h7-8,11-12,16H,2-6,9-10H2,1H3,(H,22,23)(H2,20,21,24). The maximum atomic E-state index is 12.1. The van der Waals surface area contributed by atoms with Crippen molar-refractivity contribution in [1.29, 1.82) is 0 Å². The second kappa shape index (κ2) is 7.51. The van der Waals surface area contributed by atoms with Crippen LogP contribution in [-0.2, 0) is 6.42 Å². The fraction of sp³-hybridized carbons (Fsp3) is 0.474. The number of rotatable bonds is 4. The molecule has 1 aromatic carbocycles. The zero-order chi connectivity index (χ0) is 16.9. The molecular weight excluding hydrogens is 302 g/mol. The van der Waals surface area contributed by atoms with Gasteiger partial charge in [0, 0.05) is 23.7 Å². The van der Waals surface area contributed by atoms with Gasteiger partial charge in [-0.15, -0.1) is 0 Å². The fourth-order valence-electron chi connectivity index (χ4n) is 3.35. The highest BCUT2D eigenvalue weighted by molar-refractivity contribution is 5.79. The van der Waals surface area contributed by atoms with Crippen LogP contribution in [-0.4, -0.2) is 23.6 Å². The number of carbonyl (C=O) groups is 1. The summed E-state index contributed by atoms with van der Waals surface area (Å²) >= 11 is 0. The van der Waals surface area contributed by atoms with Crippen molar-refractivity contribution in [3.63, 3.8) is 0 Å². The fourth-order valence-corrected chi connectivity index (χ4v) is 3.35. The van der Waals surface area contributed by atoms with E-state index in [1.165, 1.54) is 19.3 Å². The lowest BCUT2D eigenvalue weighted by Gasteiger charge is -2.22. The molecule has 1 heterocycles. The van der Waals surface area contributed by atoms with Crippen molar-refractivity contribution in [2.24, 2.45) is 0 Å². The number of carbonyl (C=O) groups excluding carboxylic acids is 1. The summed E-state index contributed by atoms with van der Waals surface area (Å²) < 4.78 is 0. The zero-order valence-electron chi connectivity index (χ0n) is 14.2. The van der Waals surface area contributed by atoms with Gasteiger partial charge in [0.25, 0.3) is 5.56 Å². The normalized spacial score (nSPS) is 15.4. The third-order valence-electron chi connectivity index (χ3n) is 4.70. The summed E-state index contributed by atoms with van der Waals surface area (Å²) in [5.74, 6) is 0. The predicted molar refractivity (Wildman–Crippen MR) is 96.4 cm³/mol. The Morgan fingerprint density at radius 1 is 1.21 bits per heavy atom. The van der Waals surface area contributed by atoms with Gasteiger partial charge in [-0.05, 0) is 49.8 Å². The molecule has 24 heavy (non-hydrogen) atoms. The topological polar surface area (TPSA) is 74.0 Å². The van der Waals surface area contributed by atoms with Gasteiger partial charge in [0.2, 0.25) is 0 Å². The lowest BCUT2D eigenvalue weighted by molar-refractivity contribution is 0.233. The molecule has 0 atom stereocenters. The maximum Gasteiger partial charge on any atom is 0.315 e. The molecule has 5 heteroatoms. The van der Waals surface area contributed by atoms with E-state index in [1.54, 1.807) is 0 Å². The Hall–Kier alpha value is -2.30. The van der Waals surface area contributed by atoms with Crippen LogP contribution >= 0.6 is 0 Å². The third-order valence-corrected chi connectivity index (χ3v) is 4.70. The van der Waals surface area contributed by atoms with E-state index < -0.39 is 0 Å². The third kappa shape index (κ3) is 4.16. The number of H-pyrrole nitrogens is 1.